The Morgan fingerprint density at radius 2 is 2.00 bits per heavy atom. The van der Waals surface area contributed by atoms with Crippen molar-refractivity contribution in [3.63, 3.8) is 0 Å². The Bertz CT molecular complexity index is 668. The van der Waals surface area contributed by atoms with Crippen LogP contribution in [-0.4, -0.2) is 41.1 Å². The number of carbonyl (C=O) groups is 2. The van der Waals surface area contributed by atoms with Crippen LogP contribution in [0.2, 0.25) is 0 Å². The quantitative estimate of drug-likeness (QED) is 0.464. The molecule has 6 nitrogen and oxygen atoms in total. The summed E-state index contributed by atoms with van der Waals surface area (Å²) in [6.45, 7) is 1.55. The smallest absolute Gasteiger partial charge is 0.543 e. The predicted octanol–water partition coefficient (Wildman–Crippen LogP) is -3.23. The number of carbonyl (C=O) groups excluding carboxylic acids is 2. The number of amides is 1. The van der Waals surface area contributed by atoms with Crippen molar-refractivity contribution in [1.82, 2.24) is 4.90 Å². The zero-order chi connectivity index (χ0) is 16.0. The summed E-state index contributed by atoms with van der Waals surface area (Å²) in [7, 11) is 1.55. The number of carboxylic acid groups (broad SMARTS) is 1. The summed E-state index contributed by atoms with van der Waals surface area (Å²) >= 11 is 0. The van der Waals surface area contributed by atoms with Crippen molar-refractivity contribution in [2.24, 2.45) is 5.92 Å². The number of ether oxygens (including phenoxy) is 1. The Hall–Kier alpha value is -1.34. The molecule has 3 rings (SSSR count). The molecule has 0 bridgehead atoms. The first kappa shape index (κ1) is 18.0. The van der Waals surface area contributed by atoms with E-state index in [9.17, 15) is 19.8 Å². The van der Waals surface area contributed by atoms with Crippen molar-refractivity contribution >= 4 is 17.4 Å². The van der Waals surface area contributed by atoms with E-state index in [-0.39, 0.29) is 47.2 Å². The summed E-state index contributed by atoms with van der Waals surface area (Å²) in [5, 5.41) is 21.2. The molecule has 2 aliphatic rings. The van der Waals surface area contributed by atoms with Crippen molar-refractivity contribution in [3.05, 3.63) is 35.5 Å². The molecule has 0 radical (unpaired) electrons. The molecule has 1 aromatic rings. The van der Waals surface area contributed by atoms with Gasteiger partial charge in [-0.3, -0.25) is 4.79 Å². The van der Waals surface area contributed by atoms with Gasteiger partial charge in [0.25, 0.3) is 0 Å². The number of carboxylic acids is 1. The van der Waals surface area contributed by atoms with Gasteiger partial charge in [0.05, 0.1) is 36.8 Å². The molecule has 23 heavy (non-hydrogen) atoms. The number of β-lactam (4-membered cyclic amide) rings is 1. The van der Waals surface area contributed by atoms with Gasteiger partial charge in [0.1, 0.15) is 5.75 Å². The fourth-order valence-corrected chi connectivity index (χ4v) is 3.31. The molecule has 7 heteroatoms. The third-order valence-corrected chi connectivity index (χ3v) is 4.36. The van der Waals surface area contributed by atoms with E-state index >= 15 is 0 Å². The number of hydrogen-bond acceptors (Lipinski definition) is 5. The maximum Gasteiger partial charge on any atom is 1.00 e. The Morgan fingerprint density at radius 3 is 2.48 bits per heavy atom. The van der Waals surface area contributed by atoms with E-state index < -0.39 is 18.0 Å². The summed E-state index contributed by atoms with van der Waals surface area (Å²) in [5.74, 6) is -1.61. The number of hydrogen-bond donors (Lipinski definition) is 1. The SMILES string of the molecule is COc1ccc(C2=C(C(=O)[O-])N3C(=O)[C@H]([C@@H](C)O)[C@H]3C2)cc1.[Na+]. The zero-order valence-electron chi connectivity index (χ0n) is 13.3. The van der Waals surface area contributed by atoms with E-state index in [1.54, 1.807) is 38.3 Å². The topological polar surface area (TPSA) is 89.9 Å². The summed E-state index contributed by atoms with van der Waals surface area (Å²) in [5.41, 5.74) is 1.19. The van der Waals surface area contributed by atoms with Gasteiger partial charge in [-0.05, 0) is 36.6 Å². The second-order valence-electron chi connectivity index (χ2n) is 5.59. The molecule has 1 aromatic carbocycles. The summed E-state index contributed by atoms with van der Waals surface area (Å²) in [6, 6.07) is 6.67. The first-order chi connectivity index (χ1) is 10.5. The average molecular weight is 325 g/mol. The van der Waals surface area contributed by atoms with Gasteiger partial charge in [-0.2, -0.15) is 0 Å². The molecule has 1 saturated heterocycles. The van der Waals surface area contributed by atoms with Crippen LogP contribution >= 0.6 is 0 Å². The van der Waals surface area contributed by atoms with Crippen molar-refractivity contribution in [1.29, 1.82) is 0 Å². The molecule has 2 aliphatic heterocycles. The minimum absolute atomic E-state index is 0. The van der Waals surface area contributed by atoms with Crippen LogP contribution in [0.4, 0.5) is 0 Å². The molecule has 2 heterocycles. The molecule has 1 fully saturated rings. The molecular weight excluding hydrogens is 309 g/mol. The van der Waals surface area contributed by atoms with Crippen LogP contribution < -0.4 is 39.4 Å². The minimum atomic E-state index is -1.37. The molecule has 0 unspecified atom stereocenters. The van der Waals surface area contributed by atoms with Gasteiger partial charge in [0.2, 0.25) is 5.91 Å². The molecular formula is C16H16NNaO5. The summed E-state index contributed by atoms with van der Waals surface area (Å²) < 4.78 is 5.08. The number of aliphatic hydroxyl groups is 1. The van der Waals surface area contributed by atoms with Crippen LogP contribution in [0.5, 0.6) is 5.75 Å². The third kappa shape index (κ3) is 2.80. The number of nitrogens with zero attached hydrogens (tertiary/aromatic N) is 1. The number of benzene rings is 1. The van der Waals surface area contributed by atoms with E-state index in [4.69, 9.17) is 4.74 Å². The first-order valence-electron chi connectivity index (χ1n) is 7.05. The second-order valence-corrected chi connectivity index (χ2v) is 5.59. The van der Waals surface area contributed by atoms with Crippen molar-refractivity contribution in [2.45, 2.75) is 25.5 Å². The van der Waals surface area contributed by atoms with Gasteiger partial charge < -0.3 is 24.6 Å². The van der Waals surface area contributed by atoms with Gasteiger partial charge in [0, 0.05) is 0 Å². The van der Waals surface area contributed by atoms with Crippen molar-refractivity contribution < 1.29 is 54.1 Å². The van der Waals surface area contributed by atoms with Crippen LogP contribution in [-0.2, 0) is 9.59 Å². The van der Waals surface area contributed by atoms with E-state index in [1.165, 1.54) is 4.90 Å². The number of methoxy groups -OCH3 is 1. The Kier molecular flexibility index (Phi) is 5.20. The fourth-order valence-electron chi connectivity index (χ4n) is 3.31. The number of aliphatic carboxylic acids is 1. The normalized spacial score (nSPS) is 23.8. The van der Waals surface area contributed by atoms with Gasteiger partial charge >= 0.3 is 29.6 Å². The molecule has 1 amide bonds. The van der Waals surface area contributed by atoms with Crippen molar-refractivity contribution in [3.8, 4) is 5.75 Å². The van der Waals surface area contributed by atoms with E-state index in [2.05, 4.69) is 0 Å². The van der Waals surface area contributed by atoms with E-state index in [0.717, 1.165) is 0 Å². The summed E-state index contributed by atoms with van der Waals surface area (Å²) in [4.78, 5) is 24.8. The van der Waals surface area contributed by atoms with Gasteiger partial charge in [0.15, 0.2) is 0 Å². The molecule has 0 spiro atoms. The van der Waals surface area contributed by atoms with Crippen molar-refractivity contribution in [2.75, 3.05) is 7.11 Å². The molecule has 0 aromatic heterocycles. The zero-order valence-corrected chi connectivity index (χ0v) is 15.3. The Morgan fingerprint density at radius 1 is 1.39 bits per heavy atom. The molecule has 1 N–H and O–H groups in total. The second kappa shape index (κ2) is 6.65. The fraction of sp³-hybridized carbons (Fsp3) is 0.375. The van der Waals surface area contributed by atoms with Gasteiger partial charge in [-0.25, -0.2) is 0 Å². The van der Waals surface area contributed by atoms with E-state index in [1.807, 2.05) is 0 Å². The number of rotatable bonds is 4. The molecule has 0 saturated carbocycles. The predicted molar refractivity (Wildman–Crippen MR) is 75.3 cm³/mol. The largest absolute Gasteiger partial charge is 1.00 e. The maximum absolute atomic E-state index is 12.1. The number of fused-ring (bicyclic) bond motifs is 1. The van der Waals surface area contributed by atoms with Crippen LogP contribution in [0.3, 0.4) is 0 Å². The van der Waals surface area contributed by atoms with Gasteiger partial charge in [-0.15, -0.1) is 0 Å². The minimum Gasteiger partial charge on any atom is -0.543 e. The molecule has 3 atom stereocenters. The van der Waals surface area contributed by atoms with Gasteiger partial charge in [-0.1, -0.05) is 12.1 Å². The molecule has 0 aliphatic carbocycles. The monoisotopic (exact) mass is 325 g/mol. The third-order valence-electron chi connectivity index (χ3n) is 4.36. The molecule has 116 valence electrons. The first-order valence-corrected chi connectivity index (χ1v) is 7.05. The standard InChI is InChI=1S/C16H17NO5.Na/c1-8(18)13-12-7-11(9-3-5-10(22-2)6-4-9)14(16(20)21)17(12)15(13)19;/h3-6,8,12-13,18H,7H2,1-2H3,(H,20,21);/q;+1/p-1/t8-,12-,13-;/m1./s1. The maximum atomic E-state index is 12.1. The van der Waals surface area contributed by atoms with E-state index in [0.29, 0.717) is 23.3 Å². The van der Waals surface area contributed by atoms with Crippen LogP contribution in [0.15, 0.2) is 30.0 Å². The Balaban J connectivity index is 0.00000192. The summed E-state index contributed by atoms with van der Waals surface area (Å²) in [6.07, 6.45) is -0.399. The average Bonchev–Trinajstić information content (AvgIpc) is 2.82. The van der Waals surface area contributed by atoms with Crippen LogP contribution in [0.25, 0.3) is 5.57 Å². The number of aliphatic hydroxyl groups excluding tert-OH is 1. The van der Waals surface area contributed by atoms with Crippen LogP contribution in [0.1, 0.15) is 18.9 Å². The Labute approximate surface area is 156 Å². The van der Waals surface area contributed by atoms with Crippen LogP contribution in [0, 0.1) is 5.92 Å².